The van der Waals surface area contributed by atoms with Crippen molar-refractivity contribution in [3.63, 3.8) is 0 Å². The van der Waals surface area contributed by atoms with Gasteiger partial charge in [-0.05, 0) is 50.3 Å². The minimum atomic E-state index is -1.40. The zero-order valence-corrected chi connectivity index (χ0v) is 54.6. The molecule has 0 aliphatic heterocycles. The molecule has 5 N–H and O–H groups in total. The second-order valence-corrected chi connectivity index (χ2v) is 21.2. The van der Waals surface area contributed by atoms with E-state index in [2.05, 4.69) is 78.6 Å². The van der Waals surface area contributed by atoms with E-state index in [9.17, 15) is 53.7 Å². The van der Waals surface area contributed by atoms with Gasteiger partial charge in [-0.1, -0.05) is 59.3 Å². The van der Waals surface area contributed by atoms with Crippen molar-refractivity contribution in [3.05, 3.63) is 36.5 Å². The van der Waals surface area contributed by atoms with Crippen LogP contribution in [0.25, 0.3) is 0 Å². The monoisotopic (exact) mass is 1380 g/mol. The van der Waals surface area contributed by atoms with Crippen molar-refractivity contribution in [3.8, 4) is 0 Å². The molecule has 0 aliphatic rings. The van der Waals surface area contributed by atoms with Crippen LogP contribution >= 0.6 is 12.6 Å². The third kappa shape index (κ3) is 153. The van der Waals surface area contributed by atoms with Gasteiger partial charge in [-0.3, -0.25) is 9.59 Å². The Balaban J connectivity index is -0.0000000817. The number of carbonyl (C=O) groups is 8. The summed E-state index contributed by atoms with van der Waals surface area (Å²) in [6.07, 6.45) is 19.8. The summed E-state index contributed by atoms with van der Waals surface area (Å²) < 4.78 is 18.3. The van der Waals surface area contributed by atoms with Crippen LogP contribution in [0, 0.1) is 0 Å². The molecule has 0 saturated heterocycles. The molecule has 0 aliphatic carbocycles. The molecule has 0 fully saturated rings. The van der Waals surface area contributed by atoms with Crippen LogP contribution < -0.4 is 15.3 Å². The van der Waals surface area contributed by atoms with Crippen LogP contribution in [-0.2, 0) is 104 Å². The molecule has 0 aromatic heterocycles. The molecular weight excluding hydrogens is 1290 g/mol. The average molecular weight is 1380 g/mol. The molecule has 19 nitrogen and oxygen atoms in total. The van der Waals surface area contributed by atoms with Gasteiger partial charge in [-0.2, -0.15) is 17.3 Å². The number of aliphatic carboxylic acids is 5. The van der Waals surface area contributed by atoms with Gasteiger partial charge in [-0.15, -0.1) is 0 Å². The average Bonchev–Trinajstić information content (AvgIpc) is 3.37. The molecule has 0 rings (SSSR count). The molecule has 0 aromatic rings. The normalized spacial score (nSPS) is 9.25. The van der Waals surface area contributed by atoms with Gasteiger partial charge in [0.2, 0.25) is 0 Å². The molecule has 0 spiro atoms. The summed E-state index contributed by atoms with van der Waals surface area (Å²) in [5, 5.41) is 69.4. The standard InChI is InChI=1S/C9H16O4.3C8H12O4.2C4H9.3C2H6OS.C2H5S.S.2Sn/c10-8(11)6-4-2-1-3-5-7-9(12)13;3*1-2-3-6-12-8(11)5-4-7(9)10;2*1-3-4-2;3*3-1-2-4;1-2-3;;;/h1-7H2,(H,10,11)(H,12,13);3*4-5H,2-3,6H2,1H3,(H,9,10);2*1,3-4H2,2H3;3*3-4H,1-2H2;3H,1-2H2;;;/q;;;;;;;;;;-2;+2;+3/p-6/b;3*5-4-;;;;;;;;;. The number of carboxylic acids is 5. The number of carbonyl (C=O) groups excluding carboxylic acids is 6. The van der Waals surface area contributed by atoms with Crippen molar-refractivity contribution < 1.29 is 93.4 Å². The molecule has 0 heterocycles. The van der Waals surface area contributed by atoms with E-state index in [1.165, 1.54) is 34.6 Å². The number of carboxylic acid groups (broad SMARTS) is 5. The summed E-state index contributed by atoms with van der Waals surface area (Å²) in [5.74, 6) is -5.15. The second kappa shape index (κ2) is 94.6. The Bertz CT molecular complexity index is 1190. The molecule has 26 heteroatoms. The molecule has 0 radical (unpaired) electrons. The molecular formula is C49H87O19S5Sn2-3. The van der Waals surface area contributed by atoms with E-state index in [0.29, 0.717) is 68.1 Å². The Morgan fingerprint density at radius 1 is 0.480 bits per heavy atom. The summed E-state index contributed by atoms with van der Waals surface area (Å²) in [5.41, 5.74) is 0. The van der Waals surface area contributed by atoms with Crippen LogP contribution in [-0.4, -0.2) is 180 Å². The van der Waals surface area contributed by atoms with Crippen molar-refractivity contribution in [1.82, 2.24) is 0 Å². The van der Waals surface area contributed by atoms with Crippen molar-refractivity contribution in [2.24, 2.45) is 0 Å². The molecule has 75 heavy (non-hydrogen) atoms. The molecule has 438 valence electrons. The van der Waals surface area contributed by atoms with Crippen molar-refractivity contribution in [2.45, 2.75) is 157 Å². The van der Waals surface area contributed by atoms with Crippen LogP contribution in [0.15, 0.2) is 36.5 Å². The quantitative estimate of drug-likeness (QED) is 0.0105. The van der Waals surface area contributed by atoms with Crippen LogP contribution in [0.5, 0.6) is 0 Å². The van der Waals surface area contributed by atoms with Gasteiger partial charge >= 0.3 is 145 Å². The summed E-state index contributed by atoms with van der Waals surface area (Å²) in [7, 11) is 0. The van der Waals surface area contributed by atoms with E-state index in [1.807, 2.05) is 20.8 Å². The number of rotatable bonds is 33. The number of aliphatic hydroxyl groups excluding tert-OH is 3. The minimum absolute atomic E-state index is 0. The van der Waals surface area contributed by atoms with E-state index < -0.39 is 47.8 Å². The first kappa shape index (κ1) is 95.5. The number of hydrogen-bond acceptors (Lipinski definition) is 21. The van der Waals surface area contributed by atoms with Gasteiger partial charge < -0.3 is 121 Å². The topological polar surface area (TPSA) is 335 Å². The zero-order valence-electron chi connectivity index (χ0n) is 44.7. The Labute approximate surface area is 501 Å². The number of ether oxygens (including phenoxy) is 3. The first-order valence-electron chi connectivity index (χ1n) is 24.3. The third-order valence-electron chi connectivity index (χ3n) is 6.87. The van der Waals surface area contributed by atoms with E-state index in [0.717, 1.165) is 81.8 Å². The smallest absolute Gasteiger partial charge is 0.303 e. The maximum Gasteiger partial charge on any atom is 0.303 e. The Kier molecular flexibility index (Phi) is 121. The Morgan fingerprint density at radius 3 is 0.933 bits per heavy atom. The first-order valence-corrected chi connectivity index (χ1v) is 32.8. The SMILES string of the molecule is CCCCOC(=O)/C=C\C(=O)[O-].CCCCOC(=O)/C=C\C(=O)[O-].CCCCOC(=O)/C=C\C(=O)[O-].CCC[CH2][Sn+2][CH2]CS.CCC[CH2][Sn+3].O=C(O)CCCCCCCC(=O)O.OCC[S-].OCC[S-].OCC[S-].[S-2]. The van der Waals surface area contributed by atoms with Crippen LogP contribution in [0.3, 0.4) is 0 Å². The summed E-state index contributed by atoms with van der Waals surface area (Å²) in [4.78, 5) is 81.6. The Hall–Kier alpha value is -1.79. The van der Waals surface area contributed by atoms with Crippen molar-refractivity contribution in [2.75, 3.05) is 62.7 Å². The van der Waals surface area contributed by atoms with Gasteiger partial charge in [0.05, 0.1) is 37.7 Å². The van der Waals surface area contributed by atoms with Crippen LogP contribution in [0.1, 0.15) is 144 Å². The molecule has 0 atom stereocenters. The number of thiol groups is 1. The maximum atomic E-state index is 10.6. The fourth-order valence-electron chi connectivity index (χ4n) is 3.27. The molecule has 0 saturated carbocycles. The van der Waals surface area contributed by atoms with E-state index in [4.69, 9.17) is 25.5 Å². The molecule has 0 bridgehead atoms. The van der Waals surface area contributed by atoms with Crippen molar-refractivity contribution in [1.29, 1.82) is 0 Å². The second-order valence-electron chi connectivity index (χ2n) is 13.8. The predicted molar refractivity (Wildman–Crippen MR) is 303 cm³/mol. The number of unbranched alkanes of at least 4 members (excludes halogenated alkanes) is 9. The van der Waals surface area contributed by atoms with Gasteiger partial charge in [-0.25, -0.2) is 14.4 Å². The van der Waals surface area contributed by atoms with Crippen LogP contribution in [0.4, 0.5) is 0 Å². The Morgan fingerprint density at radius 2 is 0.747 bits per heavy atom. The number of esters is 3. The molecule has 0 unspecified atom stereocenters. The molecule has 0 aromatic carbocycles. The van der Waals surface area contributed by atoms with Gasteiger partial charge in [0.1, 0.15) is 0 Å². The molecule has 0 amide bonds. The zero-order chi connectivity index (χ0) is 58.9. The van der Waals surface area contributed by atoms with Crippen LogP contribution in [0.2, 0.25) is 13.3 Å². The number of hydrogen-bond donors (Lipinski definition) is 6. The summed E-state index contributed by atoms with van der Waals surface area (Å²) >= 11 is 18.8. The largest absolute Gasteiger partial charge is 2.00 e. The predicted octanol–water partition coefficient (Wildman–Crippen LogP) is 3.00. The minimum Gasteiger partial charge on any atom is -2.00 e. The number of aliphatic hydroxyl groups is 3. The van der Waals surface area contributed by atoms with E-state index in [1.54, 1.807) is 27.0 Å². The van der Waals surface area contributed by atoms with Gasteiger partial charge in [0.15, 0.2) is 0 Å². The third-order valence-corrected chi connectivity index (χ3v) is 13.6. The van der Waals surface area contributed by atoms with Gasteiger partial charge in [0, 0.05) is 50.9 Å². The summed E-state index contributed by atoms with van der Waals surface area (Å²) in [6, 6.07) is 0. The fourth-order valence-corrected chi connectivity index (χ4v) is 8.23. The van der Waals surface area contributed by atoms with E-state index in [-0.39, 0.29) is 67.3 Å². The van der Waals surface area contributed by atoms with Gasteiger partial charge in [0.25, 0.3) is 0 Å². The van der Waals surface area contributed by atoms with Crippen molar-refractivity contribution >= 4 is 155 Å². The fraction of sp³-hybridized carbons (Fsp3) is 0.714. The summed E-state index contributed by atoms with van der Waals surface area (Å²) in [6.45, 7) is 11.8. The van der Waals surface area contributed by atoms with E-state index >= 15 is 0 Å². The first-order chi connectivity index (χ1) is 35.2. The maximum absolute atomic E-state index is 10.6.